The number of benzene rings is 2. The minimum atomic E-state index is -0.606. The highest BCUT2D eigenvalue weighted by molar-refractivity contribution is 5.84. The monoisotopic (exact) mass is 346 g/mol. The van der Waals surface area contributed by atoms with Crippen molar-refractivity contribution in [3.05, 3.63) is 72.7 Å². The summed E-state index contributed by atoms with van der Waals surface area (Å²) in [6.07, 6.45) is 4.62. The van der Waals surface area contributed by atoms with Crippen LogP contribution in [-0.4, -0.2) is 26.6 Å². The van der Waals surface area contributed by atoms with Gasteiger partial charge in [-0.1, -0.05) is 30.3 Å². The molecule has 1 amide bonds. The SMILES string of the molecule is C[C@@H](Oc1ccc2ccccc2c1)C(=O)NCc1cnn2cccnc12. The Kier molecular flexibility index (Phi) is 4.23. The zero-order valence-electron chi connectivity index (χ0n) is 14.3. The molecular formula is C20H18N4O2. The standard InChI is InChI=1S/C20H18N4O2/c1-14(26-18-8-7-15-5-2-3-6-16(15)11-18)20(25)22-12-17-13-23-24-10-4-9-21-19(17)24/h2-11,13-14H,12H2,1H3,(H,22,25)/t14-/m1/s1. The number of aromatic nitrogens is 3. The first-order valence-electron chi connectivity index (χ1n) is 8.41. The van der Waals surface area contributed by atoms with Crippen LogP contribution in [0, 0.1) is 0 Å². The molecule has 0 aliphatic heterocycles. The Morgan fingerprint density at radius 1 is 1.19 bits per heavy atom. The molecule has 0 aliphatic carbocycles. The first-order valence-corrected chi connectivity index (χ1v) is 8.41. The minimum Gasteiger partial charge on any atom is -0.481 e. The van der Waals surface area contributed by atoms with Crippen LogP contribution in [0.3, 0.4) is 0 Å². The third-order valence-electron chi connectivity index (χ3n) is 4.21. The van der Waals surface area contributed by atoms with Gasteiger partial charge in [0, 0.05) is 24.5 Å². The predicted octanol–water partition coefficient (Wildman–Crippen LogP) is 2.97. The Morgan fingerprint density at radius 2 is 2.04 bits per heavy atom. The lowest BCUT2D eigenvalue weighted by Crippen LogP contribution is -2.35. The number of carbonyl (C=O) groups excluding carboxylic acids is 1. The maximum atomic E-state index is 12.4. The first-order chi connectivity index (χ1) is 12.7. The largest absolute Gasteiger partial charge is 0.481 e. The van der Waals surface area contributed by atoms with E-state index in [9.17, 15) is 4.79 Å². The fraction of sp³-hybridized carbons (Fsp3) is 0.150. The lowest BCUT2D eigenvalue weighted by molar-refractivity contribution is -0.127. The number of nitrogens with zero attached hydrogens (tertiary/aromatic N) is 3. The second-order valence-corrected chi connectivity index (χ2v) is 6.04. The van der Waals surface area contributed by atoms with Crippen LogP contribution in [0.4, 0.5) is 0 Å². The Bertz CT molecular complexity index is 1070. The number of carbonyl (C=O) groups is 1. The number of hydrogen-bond donors (Lipinski definition) is 1. The molecule has 4 rings (SSSR count). The molecule has 2 heterocycles. The van der Waals surface area contributed by atoms with E-state index in [4.69, 9.17) is 4.74 Å². The van der Waals surface area contributed by atoms with Gasteiger partial charge in [0.05, 0.1) is 6.20 Å². The quantitative estimate of drug-likeness (QED) is 0.603. The molecule has 2 aromatic heterocycles. The summed E-state index contributed by atoms with van der Waals surface area (Å²) in [5, 5.41) is 9.30. The molecule has 26 heavy (non-hydrogen) atoms. The fourth-order valence-electron chi connectivity index (χ4n) is 2.83. The van der Waals surface area contributed by atoms with Gasteiger partial charge in [-0.3, -0.25) is 4.79 Å². The zero-order chi connectivity index (χ0) is 17.9. The van der Waals surface area contributed by atoms with Crippen LogP contribution in [0.15, 0.2) is 67.1 Å². The molecule has 0 aliphatic rings. The predicted molar refractivity (Wildman–Crippen MR) is 98.9 cm³/mol. The van der Waals surface area contributed by atoms with E-state index >= 15 is 0 Å². The summed E-state index contributed by atoms with van der Waals surface area (Å²) >= 11 is 0. The van der Waals surface area contributed by atoms with Crippen LogP contribution < -0.4 is 10.1 Å². The summed E-state index contributed by atoms with van der Waals surface area (Å²) in [6.45, 7) is 2.09. The van der Waals surface area contributed by atoms with E-state index in [0.717, 1.165) is 22.0 Å². The fourth-order valence-corrected chi connectivity index (χ4v) is 2.83. The van der Waals surface area contributed by atoms with Crippen LogP contribution in [0.25, 0.3) is 16.4 Å². The highest BCUT2D eigenvalue weighted by Crippen LogP contribution is 2.21. The average molecular weight is 346 g/mol. The van der Waals surface area contributed by atoms with E-state index in [-0.39, 0.29) is 5.91 Å². The maximum absolute atomic E-state index is 12.4. The van der Waals surface area contributed by atoms with Crippen molar-refractivity contribution in [1.82, 2.24) is 19.9 Å². The van der Waals surface area contributed by atoms with Crippen molar-refractivity contribution >= 4 is 22.3 Å². The van der Waals surface area contributed by atoms with Crippen LogP contribution in [0.5, 0.6) is 5.75 Å². The topological polar surface area (TPSA) is 68.5 Å². The number of hydrogen-bond acceptors (Lipinski definition) is 4. The summed E-state index contributed by atoms with van der Waals surface area (Å²) in [4.78, 5) is 16.6. The molecule has 0 saturated carbocycles. The number of ether oxygens (including phenoxy) is 1. The molecule has 1 N–H and O–H groups in total. The summed E-state index contributed by atoms with van der Waals surface area (Å²) in [5.41, 5.74) is 1.59. The van der Waals surface area contributed by atoms with Crippen molar-refractivity contribution < 1.29 is 9.53 Å². The van der Waals surface area contributed by atoms with Gasteiger partial charge in [-0.15, -0.1) is 0 Å². The third-order valence-corrected chi connectivity index (χ3v) is 4.21. The van der Waals surface area contributed by atoms with E-state index < -0.39 is 6.10 Å². The number of fused-ring (bicyclic) bond motifs is 2. The van der Waals surface area contributed by atoms with Gasteiger partial charge in [0.1, 0.15) is 5.75 Å². The Balaban J connectivity index is 1.40. The second kappa shape index (κ2) is 6.84. The number of rotatable bonds is 5. The van der Waals surface area contributed by atoms with E-state index in [1.807, 2.05) is 54.7 Å². The van der Waals surface area contributed by atoms with Gasteiger partial charge >= 0.3 is 0 Å². The molecule has 0 unspecified atom stereocenters. The molecule has 4 aromatic rings. The molecule has 2 aromatic carbocycles. The molecule has 1 atom stereocenters. The van der Waals surface area contributed by atoms with E-state index in [1.165, 1.54) is 0 Å². The van der Waals surface area contributed by atoms with Crippen molar-refractivity contribution in [1.29, 1.82) is 0 Å². The summed E-state index contributed by atoms with van der Waals surface area (Å²) in [5.74, 6) is 0.484. The molecule has 130 valence electrons. The van der Waals surface area contributed by atoms with Crippen LogP contribution in [0.2, 0.25) is 0 Å². The van der Waals surface area contributed by atoms with Gasteiger partial charge < -0.3 is 10.1 Å². The molecule has 0 spiro atoms. The Hall–Kier alpha value is -3.41. The van der Waals surface area contributed by atoms with Crippen molar-refractivity contribution in [3.63, 3.8) is 0 Å². The third kappa shape index (κ3) is 3.21. The molecule has 6 nitrogen and oxygen atoms in total. The van der Waals surface area contributed by atoms with Gasteiger partial charge in [0.15, 0.2) is 11.8 Å². The molecule has 0 saturated heterocycles. The smallest absolute Gasteiger partial charge is 0.261 e. The van der Waals surface area contributed by atoms with Crippen molar-refractivity contribution in [2.75, 3.05) is 0 Å². The molecule has 0 fully saturated rings. The van der Waals surface area contributed by atoms with Gasteiger partial charge in [-0.25, -0.2) is 9.50 Å². The van der Waals surface area contributed by atoms with Gasteiger partial charge in [0.2, 0.25) is 0 Å². The Labute approximate surface area is 150 Å². The highest BCUT2D eigenvalue weighted by atomic mass is 16.5. The molecule has 0 bridgehead atoms. The molecule has 6 heteroatoms. The van der Waals surface area contributed by atoms with E-state index in [0.29, 0.717) is 12.3 Å². The average Bonchev–Trinajstić information content (AvgIpc) is 3.09. The van der Waals surface area contributed by atoms with Gasteiger partial charge in [0.25, 0.3) is 5.91 Å². The van der Waals surface area contributed by atoms with E-state index in [1.54, 1.807) is 23.8 Å². The van der Waals surface area contributed by atoms with Crippen molar-refractivity contribution in [2.45, 2.75) is 19.6 Å². The summed E-state index contributed by atoms with van der Waals surface area (Å²) in [7, 11) is 0. The second-order valence-electron chi connectivity index (χ2n) is 6.04. The van der Waals surface area contributed by atoms with Crippen LogP contribution >= 0.6 is 0 Å². The number of amides is 1. The zero-order valence-corrected chi connectivity index (χ0v) is 14.3. The van der Waals surface area contributed by atoms with E-state index in [2.05, 4.69) is 15.4 Å². The highest BCUT2D eigenvalue weighted by Gasteiger charge is 2.15. The lowest BCUT2D eigenvalue weighted by Gasteiger charge is -2.15. The normalized spacial score (nSPS) is 12.2. The summed E-state index contributed by atoms with van der Waals surface area (Å²) < 4.78 is 7.47. The van der Waals surface area contributed by atoms with Crippen molar-refractivity contribution in [3.8, 4) is 5.75 Å². The molecular weight excluding hydrogens is 328 g/mol. The van der Waals surface area contributed by atoms with Crippen LogP contribution in [-0.2, 0) is 11.3 Å². The van der Waals surface area contributed by atoms with Crippen molar-refractivity contribution in [2.24, 2.45) is 0 Å². The maximum Gasteiger partial charge on any atom is 0.261 e. The minimum absolute atomic E-state index is 0.187. The lowest BCUT2D eigenvalue weighted by atomic mass is 10.1. The van der Waals surface area contributed by atoms with Gasteiger partial charge in [-0.05, 0) is 35.9 Å². The Morgan fingerprint density at radius 3 is 2.92 bits per heavy atom. The molecule has 0 radical (unpaired) electrons. The van der Waals surface area contributed by atoms with Gasteiger partial charge in [-0.2, -0.15) is 5.10 Å². The van der Waals surface area contributed by atoms with Crippen LogP contribution in [0.1, 0.15) is 12.5 Å². The first kappa shape index (κ1) is 16.1. The summed E-state index contributed by atoms with van der Waals surface area (Å²) in [6, 6.07) is 15.6. The number of nitrogens with one attached hydrogen (secondary N) is 1.